The van der Waals surface area contributed by atoms with E-state index in [4.69, 9.17) is 9.47 Å². The fourth-order valence-corrected chi connectivity index (χ4v) is 2.11. The Morgan fingerprint density at radius 1 is 1.09 bits per heavy atom. The second-order valence-electron chi connectivity index (χ2n) is 5.15. The summed E-state index contributed by atoms with van der Waals surface area (Å²) in [7, 11) is 0. The molecule has 4 heteroatoms. The number of benzene rings is 2. The molecular weight excluding hydrogens is 290 g/mol. The van der Waals surface area contributed by atoms with E-state index in [1.807, 2.05) is 30.3 Å². The second kappa shape index (κ2) is 8.83. The van der Waals surface area contributed by atoms with Gasteiger partial charge in [-0.2, -0.15) is 0 Å². The fraction of sp³-hybridized carbons (Fsp3) is 0.316. The molecule has 0 bridgehead atoms. The van der Waals surface area contributed by atoms with Gasteiger partial charge in [0.2, 0.25) is 0 Å². The van der Waals surface area contributed by atoms with Crippen LogP contribution in [0, 0.1) is 0 Å². The van der Waals surface area contributed by atoms with Crippen molar-refractivity contribution >= 4 is 11.7 Å². The first kappa shape index (κ1) is 16.9. The number of rotatable bonds is 8. The summed E-state index contributed by atoms with van der Waals surface area (Å²) in [4.78, 5) is 11.6. The third kappa shape index (κ3) is 5.33. The van der Waals surface area contributed by atoms with Gasteiger partial charge in [0.1, 0.15) is 5.75 Å². The van der Waals surface area contributed by atoms with Crippen molar-refractivity contribution in [3.8, 4) is 5.75 Å². The van der Waals surface area contributed by atoms with Crippen molar-refractivity contribution < 1.29 is 14.3 Å². The Hall–Kier alpha value is -2.49. The highest BCUT2D eigenvalue weighted by molar-refractivity contribution is 5.89. The van der Waals surface area contributed by atoms with Crippen molar-refractivity contribution in [1.29, 1.82) is 0 Å². The Labute approximate surface area is 137 Å². The number of ether oxygens (including phenoxy) is 2. The standard InChI is InChI=1S/C19H23NO3/c1-3-12-23-18-7-5-6-15(13-18)14-20-17-10-8-16(9-11-17)19(21)22-4-2/h5-11,13,20H,3-4,12,14H2,1-2H3. The minimum absolute atomic E-state index is 0.292. The summed E-state index contributed by atoms with van der Waals surface area (Å²) in [5.41, 5.74) is 2.67. The van der Waals surface area contributed by atoms with Gasteiger partial charge in [0.05, 0.1) is 18.8 Å². The van der Waals surface area contributed by atoms with E-state index in [0.29, 0.717) is 18.7 Å². The Morgan fingerprint density at radius 3 is 2.57 bits per heavy atom. The van der Waals surface area contributed by atoms with Crippen LogP contribution < -0.4 is 10.1 Å². The van der Waals surface area contributed by atoms with E-state index in [2.05, 4.69) is 18.3 Å². The van der Waals surface area contributed by atoms with Crippen LogP contribution in [0.2, 0.25) is 0 Å². The van der Waals surface area contributed by atoms with Crippen LogP contribution in [0.4, 0.5) is 5.69 Å². The zero-order chi connectivity index (χ0) is 16.5. The van der Waals surface area contributed by atoms with Crippen molar-refractivity contribution in [3.05, 3.63) is 59.7 Å². The van der Waals surface area contributed by atoms with Crippen LogP contribution in [-0.2, 0) is 11.3 Å². The molecule has 0 saturated heterocycles. The smallest absolute Gasteiger partial charge is 0.338 e. The van der Waals surface area contributed by atoms with Crippen LogP contribution in [0.3, 0.4) is 0 Å². The maximum absolute atomic E-state index is 11.6. The lowest BCUT2D eigenvalue weighted by Gasteiger charge is -2.10. The van der Waals surface area contributed by atoms with Gasteiger partial charge >= 0.3 is 5.97 Å². The lowest BCUT2D eigenvalue weighted by Crippen LogP contribution is -2.05. The van der Waals surface area contributed by atoms with Crippen LogP contribution in [0.25, 0.3) is 0 Å². The predicted molar refractivity (Wildman–Crippen MR) is 92.0 cm³/mol. The summed E-state index contributed by atoms with van der Waals surface area (Å²) in [6.07, 6.45) is 0.995. The van der Waals surface area contributed by atoms with Crippen LogP contribution in [0.5, 0.6) is 5.75 Å². The summed E-state index contributed by atoms with van der Waals surface area (Å²) >= 11 is 0. The van der Waals surface area contributed by atoms with E-state index in [0.717, 1.165) is 30.0 Å². The largest absolute Gasteiger partial charge is 0.494 e. The highest BCUT2D eigenvalue weighted by Gasteiger charge is 2.05. The molecule has 23 heavy (non-hydrogen) atoms. The summed E-state index contributed by atoms with van der Waals surface area (Å²) in [5, 5.41) is 3.33. The molecule has 0 atom stereocenters. The van der Waals surface area contributed by atoms with Gasteiger partial charge < -0.3 is 14.8 Å². The van der Waals surface area contributed by atoms with Crippen molar-refractivity contribution in [2.75, 3.05) is 18.5 Å². The Balaban J connectivity index is 1.91. The highest BCUT2D eigenvalue weighted by Crippen LogP contribution is 2.16. The molecule has 0 fully saturated rings. The van der Waals surface area contributed by atoms with Gasteiger partial charge in [-0.15, -0.1) is 0 Å². The molecule has 0 radical (unpaired) electrons. The molecule has 0 aliphatic carbocycles. The molecule has 0 amide bonds. The van der Waals surface area contributed by atoms with Crippen molar-refractivity contribution in [2.45, 2.75) is 26.8 Å². The zero-order valence-corrected chi connectivity index (χ0v) is 13.7. The summed E-state index contributed by atoms with van der Waals surface area (Å²) in [6, 6.07) is 15.3. The maximum atomic E-state index is 11.6. The molecule has 0 heterocycles. The molecule has 0 saturated carbocycles. The van der Waals surface area contributed by atoms with E-state index >= 15 is 0 Å². The zero-order valence-electron chi connectivity index (χ0n) is 13.7. The van der Waals surface area contributed by atoms with Crippen LogP contribution in [0.15, 0.2) is 48.5 Å². The highest BCUT2D eigenvalue weighted by atomic mass is 16.5. The molecule has 0 aromatic heterocycles. The maximum Gasteiger partial charge on any atom is 0.338 e. The summed E-state index contributed by atoms with van der Waals surface area (Å²) in [5.74, 6) is 0.601. The Morgan fingerprint density at radius 2 is 1.87 bits per heavy atom. The van der Waals surface area contributed by atoms with Gasteiger partial charge in [-0.05, 0) is 55.3 Å². The molecule has 0 aliphatic heterocycles. The van der Waals surface area contributed by atoms with Crippen molar-refractivity contribution in [3.63, 3.8) is 0 Å². The van der Waals surface area contributed by atoms with Crippen LogP contribution in [0.1, 0.15) is 36.2 Å². The first-order valence-corrected chi connectivity index (χ1v) is 7.95. The Kier molecular flexibility index (Phi) is 6.48. The second-order valence-corrected chi connectivity index (χ2v) is 5.15. The normalized spacial score (nSPS) is 10.2. The Bertz CT molecular complexity index is 623. The van der Waals surface area contributed by atoms with E-state index in [-0.39, 0.29) is 5.97 Å². The molecule has 2 aromatic rings. The minimum atomic E-state index is -0.292. The number of anilines is 1. The number of nitrogens with one attached hydrogen (secondary N) is 1. The van der Waals surface area contributed by atoms with Gasteiger partial charge in [0, 0.05) is 12.2 Å². The number of carbonyl (C=O) groups is 1. The first-order chi connectivity index (χ1) is 11.2. The van der Waals surface area contributed by atoms with Crippen LogP contribution in [-0.4, -0.2) is 19.2 Å². The number of carbonyl (C=O) groups excluding carboxylic acids is 1. The molecule has 1 N–H and O–H groups in total. The molecule has 4 nitrogen and oxygen atoms in total. The summed E-state index contributed by atoms with van der Waals surface area (Å²) in [6.45, 7) is 5.70. The molecule has 0 spiro atoms. The average Bonchev–Trinajstić information content (AvgIpc) is 2.59. The van der Waals surface area contributed by atoms with Crippen molar-refractivity contribution in [1.82, 2.24) is 0 Å². The van der Waals surface area contributed by atoms with E-state index in [9.17, 15) is 4.79 Å². The van der Waals surface area contributed by atoms with E-state index in [1.54, 1.807) is 19.1 Å². The third-order valence-corrected chi connectivity index (χ3v) is 3.26. The minimum Gasteiger partial charge on any atom is -0.494 e. The SMILES string of the molecule is CCCOc1cccc(CNc2ccc(C(=O)OCC)cc2)c1. The molecule has 0 aliphatic rings. The fourth-order valence-electron chi connectivity index (χ4n) is 2.11. The van der Waals surface area contributed by atoms with Gasteiger partial charge in [-0.3, -0.25) is 0 Å². The third-order valence-electron chi connectivity index (χ3n) is 3.26. The molecule has 2 aromatic carbocycles. The van der Waals surface area contributed by atoms with Gasteiger partial charge in [0.25, 0.3) is 0 Å². The van der Waals surface area contributed by atoms with Gasteiger partial charge in [0.15, 0.2) is 0 Å². The molecule has 122 valence electrons. The number of esters is 1. The van der Waals surface area contributed by atoms with E-state index < -0.39 is 0 Å². The van der Waals surface area contributed by atoms with Crippen LogP contribution >= 0.6 is 0 Å². The topological polar surface area (TPSA) is 47.6 Å². The molecular formula is C19H23NO3. The predicted octanol–water partition coefficient (Wildman–Crippen LogP) is 4.26. The van der Waals surface area contributed by atoms with Gasteiger partial charge in [-0.25, -0.2) is 4.79 Å². The number of hydrogen-bond acceptors (Lipinski definition) is 4. The molecule has 0 unspecified atom stereocenters. The number of hydrogen-bond donors (Lipinski definition) is 1. The van der Waals surface area contributed by atoms with Crippen molar-refractivity contribution in [2.24, 2.45) is 0 Å². The quantitative estimate of drug-likeness (QED) is 0.740. The first-order valence-electron chi connectivity index (χ1n) is 7.95. The summed E-state index contributed by atoms with van der Waals surface area (Å²) < 4.78 is 10.6. The van der Waals surface area contributed by atoms with Gasteiger partial charge in [-0.1, -0.05) is 19.1 Å². The lowest BCUT2D eigenvalue weighted by molar-refractivity contribution is 0.0526. The lowest BCUT2D eigenvalue weighted by atomic mass is 10.2. The van der Waals surface area contributed by atoms with E-state index in [1.165, 1.54) is 0 Å². The molecule has 2 rings (SSSR count). The monoisotopic (exact) mass is 313 g/mol. The average molecular weight is 313 g/mol.